The predicted octanol–water partition coefficient (Wildman–Crippen LogP) is 8.65. The Balaban J connectivity index is 1.48. The summed E-state index contributed by atoms with van der Waals surface area (Å²) in [4.78, 5) is 12.1. The third-order valence-electron chi connectivity index (χ3n) is 6.01. The predicted molar refractivity (Wildman–Crippen MR) is 142 cm³/mol. The Kier molecular flexibility index (Phi) is 11.3. The number of carbonyl (C=O) groups is 1. The fraction of sp³-hybridized carbons (Fsp3) is 0.483. The molecular weight excluding hydrogens is 440 g/mol. The fourth-order valence-electron chi connectivity index (χ4n) is 3.92. The lowest BCUT2D eigenvalue weighted by Crippen LogP contribution is -2.07. The van der Waals surface area contributed by atoms with E-state index in [4.69, 9.17) is 4.74 Å². The second-order valence-electron chi connectivity index (χ2n) is 8.94. The van der Waals surface area contributed by atoms with Crippen LogP contribution >= 0.6 is 11.3 Å². The van der Waals surface area contributed by atoms with Crippen molar-refractivity contribution in [3.8, 4) is 26.9 Å². The van der Waals surface area contributed by atoms with Gasteiger partial charge in [0.15, 0.2) is 0 Å². The molecule has 0 amide bonds. The molecule has 2 aromatic carbocycles. The smallest absolute Gasteiger partial charge is 0.311 e. The minimum atomic E-state index is -0.157. The molecule has 0 aliphatic rings. The van der Waals surface area contributed by atoms with Gasteiger partial charge in [0, 0.05) is 17.5 Å². The molecule has 5 heteroatoms. The number of carbonyl (C=O) groups excluding carboxylic acids is 1. The zero-order valence-corrected chi connectivity index (χ0v) is 21.5. The van der Waals surface area contributed by atoms with Crippen molar-refractivity contribution in [1.82, 2.24) is 10.2 Å². The molecule has 0 aliphatic carbocycles. The molecule has 0 fully saturated rings. The maximum atomic E-state index is 12.1. The number of rotatable bonds is 15. The lowest BCUT2D eigenvalue weighted by molar-refractivity contribution is -0.134. The van der Waals surface area contributed by atoms with Crippen molar-refractivity contribution in [3.63, 3.8) is 0 Å². The lowest BCUT2D eigenvalue weighted by atomic mass is 10.0. The highest BCUT2D eigenvalue weighted by molar-refractivity contribution is 7.17. The number of benzene rings is 2. The van der Waals surface area contributed by atoms with Gasteiger partial charge in [0.2, 0.25) is 0 Å². The summed E-state index contributed by atoms with van der Waals surface area (Å²) < 4.78 is 5.49. The molecule has 0 N–H and O–H groups in total. The van der Waals surface area contributed by atoms with E-state index in [0.29, 0.717) is 12.2 Å². The second kappa shape index (κ2) is 14.7. The van der Waals surface area contributed by atoms with Crippen molar-refractivity contribution < 1.29 is 9.53 Å². The van der Waals surface area contributed by atoms with Crippen LogP contribution in [0.4, 0.5) is 0 Å². The Morgan fingerprint density at radius 3 is 1.85 bits per heavy atom. The normalized spacial score (nSPS) is 11.0. The summed E-state index contributed by atoms with van der Waals surface area (Å²) in [5.41, 5.74) is 3.46. The topological polar surface area (TPSA) is 52.1 Å². The van der Waals surface area contributed by atoms with Gasteiger partial charge in [-0.3, -0.25) is 4.79 Å². The zero-order chi connectivity index (χ0) is 24.0. The molecule has 4 nitrogen and oxygen atoms in total. The van der Waals surface area contributed by atoms with Crippen molar-refractivity contribution in [2.24, 2.45) is 0 Å². The van der Waals surface area contributed by atoms with Crippen LogP contribution in [0.3, 0.4) is 0 Å². The van der Waals surface area contributed by atoms with E-state index in [2.05, 4.69) is 48.3 Å². The summed E-state index contributed by atoms with van der Waals surface area (Å²) in [6.07, 6.45) is 13.7. The van der Waals surface area contributed by atoms with Crippen LogP contribution in [0.1, 0.15) is 90.0 Å². The summed E-state index contributed by atoms with van der Waals surface area (Å²) in [5, 5.41) is 10.6. The molecule has 0 unspecified atom stereocenters. The number of hydrogen-bond acceptors (Lipinski definition) is 5. The molecule has 0 spiro atoms. The Hall–Kier alpha value is -2.53. The van der Waals surface area contributed by atoms with Crippen molar-refractivity contribution in [2.75, 3.05) is 0 Å². The molecule has 0 aliphatic heterocycles. The summed E-state index contributed by atoms with van der Waals surface area (Å²) in [5.74, 6) is 0.425. The van der Waals surface area contributed by atoms with Crippen molar-refractivity contribution >= 4 is 17.3 Å². The molecule has 0 atom stereocenters. The van der Waals surface area contributed by atoms with E-state index >= 15 is 0 Å². The summed E-state index contributed by atoms with van der Waals surface area (Å²) >= 11 is 1.58. The van der Waals surface area contributed by atoms with Gasteiger partial charge in [-0.1, -0.05) is 101 Å². The van der Waals surface area contributed by atoms with Gasteiger partial charge < -0.3 is 4.74 Å². The second-order valence-corrected chi connectivity index (χ2v) is 9.91. The van der Waals surface area contributed by atoms with E-state index in [9.17, 15) is 4.79 Å². The molecule has 3 rings (SSSR count). The number of esters is 1. The molecule has 0 radical (unpaired) electrons. The third kappa shape index (κ3) is 8.68. The first-order chi connectivity index (χ1) is 16.7. The average Bonchev–Trinajstić information content (AvgIpc) is 3.35. The van der Waals surface area contributed by atoms with Crippen LogP contribution in [0.25, 0.3) is 21.1 Å². The van der Waals surface area contributed by atoms with E-state index < -0.39 is 0 Å². The molecule has 182 valence electrons. The Morgan fingerprint density at radius 2 is 1.24 bits per heavy atom. The Morgan fingerprint density at radius 1 is 0.706 bits per heavy atom. The molecule has 3 aromatic rings. The van der Waals surface area contributed by atoms with Crippen molar-refractivity contribution in [1.29, 1.82) is 0 Å². The van der Waals surface area contributed by atoms with Crippen LogP contribution in [0.5, 0.6) is 5.75 Å². The van der Waals surface area contributed by atoms with Gasteiger partial charge in [-0.15, -0.1) is 10.2 Å². The maximum Gasteiger partial charge on any atom is 0.311 e. The van der Waals surface area contributed by atoms with E-state index in [1.165, 1.54) is 56.9 Å². The zero-order valence-electron chi connectivity index (χ0n) is 20.7. The van der Waals surface area contributed by atoms with Gasteiger partial charge in [-0.25, -0.2) is 0 Å². The number of aromatic nitrogens is 2. The van der Waals surface area contributed by atoms with Crippen molar-refractivity contribution in [3.05, 3.63) is 54.1 Å². The highest BCUT2D eigenvalue weighted by Crippen LogP contribution is 2.31. The lowest BCUT2D eigenvalue weighted by Gasteiger charge is -2.05. The number of ether oxygens (including phenoxy) is 1. The highest BCUT2D eigenvalue weighted by Gasteiger charge is 2.10. The number of aryl methyl sites for hydroxylation is 1. The third-order valence-corrected chi connectivity index (χ3v) is 7.03. The van der Waals surface area contributed by atoms with Crippen LogP contribution in [0.15, 0.2) is 48.5 Å². The molecule has 0 saturated heterocycles. The summed E-state index contributed by atoms with van der Waals surface area (Å²) in [6.45, 7) is 4.45. The first kappa shape index (κ1) is 26.1. The molecule has 34 heavy (non-hydrogen) atoms. The summed E-state index contributed by atoms with van der Waals surface area (Å²) in [7, 11) is 0. The van der Waals surface area contributed by atoms with Gasteiger partial charge in [-0.2, -0.15) is 0 Å². The molecule has 1 heterocycles. The van der Waals surface area contributed by atoms with Crippen molar-refractivity contribution in [2.45, 2.75) is 90.9 Å². The van der Waals surface area contributed by atoms with Gasteiger partial charge in [0.1, 0.15) is 15.8 Å². The highest BCUT2D eigenvalue weighted by atomic mass is 32.1. The van der Waals surface area contributed by atoms with Gasteiger partial charge in [0.05, 0.1) is 0 Å². The van der Waals surface area contributed by atoms with E-state index in [-0.39, 0.29) is 5.97 Å². The Labute approximate surface area is 208 Å². The molecule has 0 saturated carbocycles. The van der Waals surface area contributed by atoms with Crippen LogP contribution in [-0.2, 0) is 11.2 Å². The quantitative estimate of drug-likeness (QED) is 0.125. The molecule has 0 bridgehead atoms. The van der Waals surface area contributed by atoms with Gasteiger partial charge >= 0.3 is 5.97 Å². The summed E-state index contributed by atoms with van der Waals surface area (Å²) in [6, 6.07) is 16.3. The van der Waals surface area contributed by atoms with E-state index in [0.717, 1.165) is 40.4 Å². The fourth-order valence-corrected chi connectivity index (χ4v) is 4.78. The monoisotopic (exact) mass is 478 g/mol. The number of nitrogens with zero attached hydrogens (tertiary/aromatic N) is 2. The largest absolute Gasteiger partial charge is 0.427 e. The van der Waals surface area contributed by atoms with E-state index in [1.54, 1.807) is 11.3 Å². The molecule has 1 aromatic heterocycles. The first-order valence-corrected chi connectivity index (χ1v) is 13.7. The average molecular weight is 479 g/mol. The first-order valence-electron chi connectivity index (χ1n) is 12.9. The van der Waals surface area contributed by atoms with Crippen LogP contribution in [-0.4, -0.2) is 16.2 Å². The van der Waals surface area contributed by atoms with E-state index in [1.807, 2.05) is 24.3 Å². The SMILES string of the molecule is CCCCCCCCC(=O)Oc1ccc(-c2nnc(-c3ccc(CCCCCC)cc3)s2)cc1. The number of unbranched alkanes of at least 4 members (excludes halogenated alkanes) is 8. The van der Waals surface area contributed by atoms with Gasteiger partial charge in [0.25, 0.3) is 0 Å². The van der Waals surface area contributed by atoms with Crippen LogP contribution in [0.2, 0.25) is 0 Å². The Bertz CT molecular complexity index is 980. The van der Waals surface area contributed by atoms with Gasteiger partial charge in [-0.05, 0) is 49.1 Å². The minimum Gasteiger partial charge on any atom is -0.427 e. The minimum absolute atomic E-state index is 0.157. The maximum absolute atomic E-state index is 12.1. The van der Waals surface area contributed by atoms with Crippen LogP contribution < -0.4 is 4.74 Å². The molecular formula is C29H38N2O2S. The number of hydrogen-bond donors (Lipinski definition) is 0. The standard InChI is InChI=1S/C29H38N2O2S/c1-3-5-7-9-10-12-14-27(32)33-26-21-19-25(20-22-26)29-31-30-28(34-29)24-17-15-23(16-18-24)13-11-8-6-4-2/h15-22H,3-14H2,1-2H3. The van der Waals surface area contributed by atoms with Crippen LogP contribution in [0, 0.1) is 0 Å².